The highest BCUT2D eigenvalue weighted by Crippen LogP contribution is 2.15. The summed E-state index contributed by atoms with van der Waals surface area (Å²) >= 11 is 6.02. The summed E-state index contributed by atoms with van der Waals surface area (Å²) in [6.45, 7) is 2.87. The van der Waals surface area contributed by atoms with E-state index in [0.29, 0.717) is 0 Å². The Morgan fingerprint density at radius 1 is 1.58 bits per heavy atom. The average Bonchev–Trinajstić information content (AvgIpc) is 2.30. The first-order valence-corrected chi connectivity index (χ1v) is 4.37. The van der Waals surface area contributed by atoms with Crippen LogP contribution in [-0.4, -0.2) is 23.1 Å². The molecular weight excluding hydrogens is 174 g/mol. The van der Waals surface area contributed by atoms with Crippen molar-refractivity contribution in [3.8, 4) is 0 Å². The zero-order valence-electron chi connectivity index (χ0n) is 7.69. The maximum absolute atomic E-state index is 6.02. The molecule has 0 bridgehead atoms. The molecule has 1 rings (SSSR count). The van der Waals surface area contributed by atoms with Gasteiger partial charge in [-0.1, -0.05) is 11.6 Å². The van der Waals surface area contributed by atoms with Crippen LogP contribution in [-0.2, 0) is 13.5 Å². The van der Waals surface area contributed by atoms with Crippen molar-refractivity contribution < 1.29 is 0 Å². The molecule has 0 aliphatic rings. The van der Waals surface area contributed by atoms with E-state index in [9.17, 15) is 0 Å². The molecule has 3 nitrogen and oxygen atoms in total. The van der Waals surface area contributed by atoms with E-state index < -0.39 is 0 Å². The lowest BCUT2D eigenvalue weighted by Gasteiger charge is -1.97. The first-order valence-electron chi connectivity index (χ1n) is 3.99. The Labute approximate surface area is 77.7 Å². The van der Waals surface area contributed by atoms with Gasteiger partial charge in [0.25, 0.3) is 0 Å². The van der Waals surface area contributed by atoms with E-state index >= 15 is 0 Å². The van der Waals surface area contributed by atoms with E-state index in [1.165, 1.54) is 0 Å². The van der Waals surface area contributed by atoms with Crippen LogP contribution in [0.25, 0.3) is 0 Å². The van der Waals surface area contributed by atoms with Gasteiger partial charge in [0.15, 0.2) is 0 Å². The van der Waals surface area contributed by atoms with Gasteiger partial charge in [-0.3, -0.25) is 0 Å². The van der Waals surface area contributed by atoms with Crippen LogP contribution in [0.2, 0.25) is 5.15 Å². The number of aromatic nitrogens is 2. The van der Waals surface area contributed by atoms with Crippen molar-refractivity contribution in [1.82, 2.24) is 14.9 Å². The lowest BCUT2D eigenvalue weighted by atomic mass is 10.3. The van der Waals surface area contributed by atoms with E-state index in [1.54, 1.807) is 0 Å². The highest BCUT2D eigenvalue weighted by atomic mass is 35.5. The number of imidazole rings is 1. The molecule has 1 heterocycles. The molecule has 0 radical (unpaired) electrons. The largest absolute Gasteiger partial charge is 0.322 e. The summed E-state index contributed by atoms with van der Waals surface area (Å²) in [5.74, 6) is 0.964. The van der Waals surface area contributed by atoms with Gasteiger partial charge in [0.05, 0.1) is 5.69 Å². The monoisotopic (exact) mass is 187 g/mol. The van der Waals surface area contributed by atoms with Gasteiger partial charge in [-0.05, 0) is 14.0 Å². The fourth-order valence-electron chi connectivity index (χ4n) is 1.05. The van der Waals surface area contributed by atoms with Crippen molar-refractivity contribution >= 4 is 11.6 Å². The number of hydrogen-bond donors (Lipinski definition) is 1. The van der Waals surface area contributed by atoms with Crippen LogP contribution in [0.1, 0.15) is 11.5 Å². The van der Waals surface area contributed by atoms with Gasteiger partial charge in [-0.2, -0.15) is 0 Å². The summed E-state index contributed by atoms with van der Waals surface area (Å²) in [5.41, 5.74) is 0.978. The highest BCUT2D eigenvalue weighted by molar-refractivity contribution is 6.30. The van der Waals surface area contributed by atoms with Gasteiger partial charge < -0.3 is 9.88 Å². The third-order valence-electron chi connectivity index (χ3n) is 1.93. The molecule has 68 valence electrons. The highest BCUT2D eigenvalue weighted by Gasteiger charge is 2.08. The topological polar surface area (TPSA) is 29.9 Å². The third-order valence-corrected chi connectivity index (χ3v) is 2.40. The van der Waals surface area contributed by atoms with Crippen LogP contribution in [0.15, 0.2) is 0 Å². The molecule has 1 aromatic heterocycles. The van der Waals surface area contributed by atoms with Crippen molar-refractivity contribution in [2.45, 2.75) is 13.3 Å². The van der Waals surface area contributed by atoms with Crippen molar-refractivity contribution in [2.75, 3.05) is 13.6 Å². The van der Waals surface area contributed by atoms with Crippen LogP contribution >= 0.6 is 11.6 Å². The summed E-state index contributed by atoms with van der Waals surface area (Å²) < 4.78 is 1.90. The van der Waals surface area contributed by atoms with Crippen molar-refractivity contribution in [2.24, 2.45) is 7.05 Å². The Bertz CT molecular complexity index is 268. The van der Waals surface area contributed by atoms with Gasteiger partial charge in [0.1, 0.15) is 11.0 Å². The van der Waals surface area contributed by atoms with Gasteiger partial charge in [0, 0.05) is 20.0 Å². The number of halogens is 1. The van der Waals surface area contributed by atoms with Crippen LogP contribution in [0, 0.1) is 6.92 Å². The Morgan fingerprint density at radius 2 is 2.25 bits per heavy atom. The van der Waals surface area contributed by atoms with Gasteiger partial charge in [-0.25, -0.2) is 4.98 Å². The van der Waals surface area contributed by atoms with E-state index in [2.05, 4.69) is 10.3 Å². The molecular formula is C8H14ClN3. The summed E-state index contributed by atoms with van der Waals surface area (Å²) in [4.78, 5) is 4.34. The minimum Gasteiger partial charge on any atom is -0.322 e. The Kier molecular flexibility index (Phi) is 3.12. The van der Waals surface area contributed by atoms with Crippen LogP contribution < -0.4 is 5.32 Å². The van der Waals surface area contributed by atoms with Crippen molar-refractivity contribution in [3.63, 3.8) is 0 Å². The second kappa shape index (κ2) is 3.92. The average molecular weight is 188 g/mol. The zero-order chi connectivity index (χ0) is 9.14. The quantitative estimate of drug-likeness (QED) is 0.770. The maximum Gasteiger partial charge on any atom is 0.131 e. The second-order valence-electron chi connectivity index (χ2n) is 2.81. The summed E-state index contributed by atoms with van der Waals surface area (Å²) in [6, 6.07) is 0. The second-order valence-corrected chi connectivity index (χ2v) is 3.17. The molecule has 4 heteroatoms. The molecule has 1 aromatic rings. The van der Waals surface area contributed by atoms with Gasteiger partial charge in [-0.15, -0.1) is 0 Å². The summed E-state index contributed by atoms with van der Waals surface area (Å²) in [6.07, 6.45) is 0.886. The van der Waals surface area contributed by atoms with E-state index in [0.717, 1.165) is 29.6 Å². The minimum atomic E-state index is 0.753. The maximum atomic E-state index is 6.02. The van der Waals surface area contributed by atoms with E-state index in [4.69, 9.17) is 11.6 Å². The first-order chi connectivity index (χ1) is 5.66. The number of likely N-dealkylation sites (N-methyl/N-ethyl adjacent to an activating group) is 1. The molecule has 12 heavy (non-hydrogen) atoms. The Morgan fingerprint density at radius 3 is 2.67 bits per heavy atom. The fourth-order valence-corrected chi connectivity index (χ4v) is 1.31. The summed E-state index contributed by atoms with van der Waals surface area (Å²) in [5, 5.41) is 3.82. The predicted octanol–water partition coefficient (Wildman–Crippen LogP) is 1.14. The molecule has 0 aromatic carbocycles. The van der Waals surface area contributed by atoms with Crippen LogP contribution in [0.5, 0.6) is 0 Å². The molecule has 0 atom stereocenters. The normalized spacial score (nSPS) is 10.7. The lowest BCUT2D eigenvalue weighted by molar-refractivity contribution is 0.778. The van der Waals surface area contributed by atoms with E-state index in [-0.39, 0.29) is 0 Å². The number of nitrogens with zero attached hydrogens (tertiary/aromatic N) is 2. The SMILES string of the molecule is CNCCc1nc(C)n(C)c1Cl. The molecule has 0 aliphatic heterocycles. The van der Waals surface area contributed by atoms with Gasteiger partial charge in [0.2, 0.25) is 0 Å². The van der Waals surface area contributed by atoms with Crippen LogP contribution in [0.3, 0.4) is 0 Å². The summed E-state index contributed by atoms with van der Waals surface area (Å²) in [7, 11) is 3.84. The molecule has 1 N–H and O–H groups in total. The molecule has 0 spiro atoms. The predicted molar refractivity (Wildman–Crippen MR) is 50.6 cm³/mol. The third kappa shape index (κ3) is 1.79. The first kappa shape index (κ1) is 9.55. The molecule has 0 fully saturated rings. The molecule has 0 unspecified atom stereocenters. The lowest BCUT2D eigenvalue weighted by Crippen LogP contribution is -2.10. The molecule has 0 aliphatic carbocycles. The van der Waals surface area contributed by atoms with Gasteiger partial charge >= 0.3 is 0 Å². The zero-order valence-corrected chi connectivity index (χ0v) is 8.44. The number of nitrogens with one attached hydrogen (secondary N) is 1. The van der Waals surface area contributed by atoms with E-state index in [1.807, 2.05) is 25.6 Å². The number of rotatable bonds is 3. The fraction of sp³-hybridized carbons (Fsp3) is 0.625. The molecule has 0 saturated carbocycles. The van der Waals surface area contributed by atoms with Crippen LogP contribution in [0.4, 0.5) is 0 Å². The Balaban J connectivity index is 2.79. The standard InChI is InChI=1S/C8H14ClN3/c1-6-11-7(4-5-10-2)8(9)12(6)3/h10H,4-5H2,1-3H3. The van der Waals surface area contributed by atoms with Crippen molar-refractivity contribution in [1.29, 1.82) is 0 Å². The number of aryl methyl sites for hydroxylation is 1. The smallest absolute Gasteiger partial charge is 0.131 e. The number of hydrogen-bond acceptors (Lipinski definition) is 2. The van der Waals surface area contributed by atoms with Crippen molar-refractivity contribution in [3.05, 3.63) is 16.7 Å². The molecule has 0 saturated heterocycles. The minimum absolute atomic E-state index is 0.753. The Hall–Kier alpha value is -0.540. The molecule has 0 amide bonds.